The Kier molecular flexibility index (Phi) is 3.51. The van der Waals surface area contributed by atoms with Crippen LogP contribution in [0.1, 0.15) is 25.1 Å². The van der Waals surface area contributed by atoms with Crippen molar-refractivity contribution in [3.8, 4) is 17.3 Å². The minimum Gasteiger partial charge on any atom is -0.457 e. The molecule has 0 radical (unpaired) electrons. The van der Waals surface area contributed by atoms with Crippen molar-refractivity contribution in [3.63, 3.8) is 0 Å². The van der Waals surface area contributed by atoms with Crippen molar-refractivity contribution in [2.24, 2.45) is 12.0 Å². The van der Waals surface area contributed by atoms with E-state index < -0.39 is 20.9 Å². The molecule has 3 rings (SSSR count). The molecule has 1 aromatic heterocycles. The number of hydrogen-bond donors (Lipinski definition) is 1. The third kappa shape index (κ3) is 2.58. The van der Waals surface area contributed by atoms with Crippen molar-refractivity contribution >= 4 is 21.0 Å². The van der Waals surface area contributed by atoms with Gasteiger partial charge in [-0.05, 0) is 43.7 Å². The Hall–Kier alpha value is -2.63. The van der Waals surface area contributed by atoms with Gasteiger partial charge in [-0.1, -0.05) is 6.07 Å². The molecule has 0 unspecified atom stereocenters. The fourth-order valence-corrected chi connectivity index (χ4v) is 3.22. The first-order valence-electron chi connectivity index (χ1n) is 7.09. The third-order valence-electron chi connectivity index (χ3n) is 3.95. The molecule has 0 fully saturated rings. The van der Waals surface area contributed by atoms with Crippen molar-refractivity contribution in [2.45, 2.75) is 19.4 Å². The third-order valence-corrected chi connectivity index (χ3v) is 4.57. The molecule has 1 aliphatic rings. The first-order valence-corrected chi connectivity index (χ1v) is 8.53. The number of hydrogen-bond acceptors (Lipinski definition) is 5. The van der Waals surface area contributed by atoms with E-state index in [9.17, 15) is 13.0 Å². The number of nitrogens with zero attached hydrogens (tertiary/aromatic N) is 3. The lowest BCUT2D eigenvalue weighted by molar-refractivity contribution is 0.0944. The van der Waals surface area contributed by atoms with Gasteiger partial charge in [-0.2, -0.15) is 13.7 Å². The predicted octanol–water partition coefficient (Wildman–Crippen LogP) is 2.70. The highest BCUT2D eigenvalue weighted by molar-refractivity contribution is 8.01. The molecule has 1 aliphatic heterocycles. The lowest BCUT2D eigenvalue weighted by Crippen LogP contribution is -2.32. The zero-order valence-corrected chi connectivity index (χ0v) is 14.1. The smallest absolute Gasteiger partial charge is 0.347 e. The van der Waals surface area contributed by atoms with Crippen LogP contribution in [-0.4, -0.2) is 22.8 Å². The van der Waals surface area contributed by atoms with Crippen LogP contribution in [-0.2, 0) is 27.5 Å². The number of fused-ring (bicyclic) bond motifs is 1. The summed E-state index contributed by atoms with van der Waals surface area (Å²) >= 11 is 0. The Bertz CT molecular complexity index is 1010. The van der Waals surface area contributed by atoms with Gasteiger partial charge in [0.05, 0.1) is 5.69 Å². The Labute approximate surface area is 139 Å². The summed E-state index contributed by atoms with van der Waals surface area (Å²) in [6.07, 6.45) is 0. The summed E-state index contributed by atoms with van der Waals surface area (Å²) in [7, 11) is -2.73. The summed E-state index contributed by atoms with van der Waals surface area (Å²) in [6, 6.07) is 11.0. The molecule has 1 N–H and O–H groups in total. The lowest BCUT2D eigenvalue weighted by atomic mass is 9.93. The first-order chi connectivity index (χ1) is 11.1. The number of ether oxygens (including phenoxy) is 1. The fourth-order valence-electron chi connectivity index (χ4n) is 2.69. The molecule has 2 aromatic rings. The van der Waals surface area contributed by atoms with Crippen molar-refractivity contribution in [1.29, 1.82) is 5.26 Å². The molecule has 0 amide bonds. The summed E-state index contributed by atoms with van der Waals surface area (Å²) < 4.78 is 39.0. The molecular weight excluding hydrogens is 330 g/mol. The molecule has 0 saturated heterocycles. The Morgan fingerprint density at radius 2 is 2.00 bits per heavy atom. The Morgan fingerprint density at radius 1 is 1.29 bits per heavy atom. The second kappa shape index (κ2) is 5.19. The largest absolute Gasteiger partial charge is 0.457 e. The van der Waals surface area contributed by atoms with Gasteiger partial charge in [-0.25, -0.2) is 4.99 Å². The van der Waals surface area contributed by atoms with Crippen LogP contribution in [0.15, 0.2) is 35.3 Å². The summed E-state index contributed by atoms with van der Waals surface area (Å²) in [4.78, 5) is 3.89. The molecule has 0 spiro atoms. The highest BCUT2D eigenvalue weighted by atomic mass is 32.2. The fraction of sp³-hybridized carbons (Fsp3) is 0.250. The van der Waals surface area contributed by atoms with Crippen molar-refractivity contribution in [2.75, 3.05) is 0 Å². The van der Waals surface area contributed by atoms with E-state index in [0.717, 1.165) is 11.3 Å². The van der Waals surface area contributed by atoms with Crippen LogP contribution < -0.4 is 0 Å². The van der Waals surface area contributed by atoms with Gasteiger partial charge in [0.25, 0.3) is 0 Å². The standard InChI is InChI=1S/C16H15N3O4S/c1-16(2)12-8-10(14-7-5-11(9-17)19(14)3)4-6-13(12)18-15(23-16)24(20,21)22/h4-8H,1-3H3,(H,20,21,22). The minimum absolute atomic E-state index is 0.414. The number of benzene rings is 1. The molecule has 0 atom stereocenters. The number of aliphatic imine (C=N–C) groups is 1. The highest BCUT2D eigenvalue weighted by Crippen LogP contribution is 2.40. The molecule has 0 bridgehead atoms. The van der Waals surface area contributed by atoms with Gasteiger partial charge >= 0.3 is 15.3 Å². The molecule has 8 heteroatoms. The van der Waals surface area contributed by atoms with Crippen LogP contribution >= 0.6 is 0 Å². The van der Waals surface area contributed by atoms with Crippen molar-refractivity contribution < 1.29 is 17.7 Å². The molecule has 2 heterocycles. The van der Waals surface area contributed by atoms with Gasteiger partial charge < -0.3 is 9.30 Å². The van der Waals surface area contributed by atoms with Gasteiger partial charge in [0, 0.05) is 18.3 Å². The van der Waals surface area contributed by atoms with E-state index in [2.05, 4.69) is 11.1 Å². The average molecular weight is 345 g/mol. The van der Waals surface area contributed by atoms with Gasteiger partial charge in [-0.15, -0.1) is 0 Å². The van der Waals surface area contributed by atoms with Crippen LogP contribution in [0.2, 0.25) is 0 Å². The van der Waals surface area contributed by atoms with E-state index in [-0.39, 0.29) is 0 Å². The van der Waals surface area contributed by atoms with Crippen molar-refractivity contribution in [1.82, 2.24) is 4.57 Å². The van der Waals surface area contributed by atoms with Gasteiger partial charge in [0.1, 0.15) is 17.4 Å². The number of nitriles is 1. The summed E-state index contributed by atoms with van der Waals surface area (Å²) in [5, 5.41) is 8.36. The monoisotopic (exact) mass is 345 g/mol. The number of rotatable bonds is 1. The van der Waals surface area contributed by atoms with E-state index in [1.807, 2.05) is 12.1 Å². The molecule has 124 valence electrons. The summed E-state index contributed by atoms with van der Waals surface area (Å²) in [6.45, 7) is 3.39. The van der Waals surface area contributed by atoms with Gasteiger partial charge in [0.15, 0.2) is 0 Å². The second-order valence-electron chi connectivity index (χ2n) is 5.97. The molecule has 0 aliphatic carbocycles. The summed E-state index contributed by atoms with van der Waals surface area (Å²) in [5.41, 5.74) is 2.34. The van der Waals surface area contributed by atoms with E-state index >= 15 is 0 Å². The molecule has 7 nitrogen and oxygen atoms in total. The topological polar surface area (TPSA) is 105 Å². The Balaban J connectivity index is 2.17. The highest BCUT2D eigenvalue weighted by Gasteiger charge is 2.36. The maximum atomic E-state index is 11.3. The van der Waals surface area contributed by atoms with Crippen LogP contribution in [0.4, 0.5) is 5.69 Å². The molecule has 0 saturated carbocycles. The van der Waals surface area contributed by atoms with Crippen LogP contribution in [0.5, 0.6) is 0 Å². The van der Waals surface area contributed by atoms with Crippen LogP contribution in [0.25, 0.3) is 11.3 Å². The zero-order chi connectivity index (χ0) is 17.7. The minimum atomic E-state index is -4.52. The van der Waals surface area contributed by atoms with Crippen LogP contribution in [0.3, 0.4) is 0 Å². The maximum absolute atomic E-state index is 11.3. The molecule has 24 heavy (non-hydrogen) atoms. The zero-order valence-electron chi connectivity index (χ0n) is 13.3. The van der Waals surface area contributed by atoms with E-state index in [1.165, 1.54) is 0 Å². The van der Waals surface area contributed by atoms with E-state index in [0.29, 0.717) is 16.9 Å². The Morgan fingerprint density at radius 3 is 2.58 bits per heavy atom. The maximum Gasteiger partial charge on any atom is 0.347 e. The second-order valence-corrected chi connectivity index (χ2v) is 7.27. The van der Waals surface area contributed by atoms with E-state index in [1.54, 1.807) is 43.7 Å². The average Bonchev–Trinajstić information content (AvgIpc) is 2.86. The normalized spacial score (nSPS) is 15.9. The van der Waals surface area contributed by atoms with Crippen molar-refractivity contribution in [3.05, 3.63) is 41.6 Å². The van der Waals surface area contributed by atoms with E-state index in [4.69, 9.17) is 10.00 Å². The van der Waals surface area contributed by atoms with Gasteiger partial charge in [0.2, 0.25) is 0 Å². The number of aromatic nitrogens is 1. The van der Waals surface area contributed by atoms with Gasteiger partial charge in [-0.3, -0.25) is 4.55 Å². The summed E-state index contributed by atoms with van der Waals surface area (Å²) in [5.74, 6) is 0. The lowest BCUT2D eigenvalue weighted by Gasteiger charge is -2.31. The molecular formula is C16H15N3O4S. The molecule has 1 aromatic carbocycles. The SMILES string of the molecule is Cn1c(C#N)ccc1-c1ccc2c(c1)C(C)(C)OC(S(=O)(=O)O)=N2. The van der Waals surface area contributed by atoms with Crippen LogP contribution in [0, 0.1) is 11.3 Å². The first kappa shape index (κ1) is 16.2. The predicted molar refractivity (Wildman–Crippen MR) is 88.3 cm³/mol. The quantitative estimate of drug-likeness (QED) is 0.800.